The van der Waals surface area contributed by atoms with Gasteiger partial charge in [-0.15, -0.1) is 0 Å². The van der Waals surface area contributed by atoms with Crippen molar-refractivity contribution in [2.45, 2.75) is 6.92 Å². The first-order valence-electron chi connectivity index (χ1n) is 4.87. The van der Waals surface area contributed by atoms with E-state index in [9.17, 15) is 14.9 Å². The number of nitro benzene ring substituents is 1. The first-order valence-corrected chi connectivity index (χ1v) is 4.87. The van der Waals surface area contributed by atoms with Crippen LogP contribution < -0.4 is 0 Å². The molecular formula is C11H11NO5. The van der Waals surface area contributed by atoms with Gasteiger partial charge in [-0.2, -0.15) is 0 Å². The van der Waals surface area contributed by atoms with Gasteiger partial charge in [-0.25, -0.2) is 4.79 Å². The van der Waals surface area contributed by atoms with Gasteiger partial charge in [-0.05, 0) is 18.6 Å². The molecule has 0 radical (unpaired) electrons. The zero-order valence-electron chi connectivity index (χ0n) is 9.12. The van der Waals surface area contributed by atoms with Crippen LogP contribution in [0.25, 0.3) is 6.08 Å². The largest absolute Gasteiger partial charge is 0.487 e. The normalized spacial score (nSPS) is 11.0. The van der Waals surface area contributed by atoms with E-state index in [-0.39, 0.29) is 18.1 Å². The molecule has 0 aliphatic carbocycles. The number of carboxylic acids is 1. The monoisotopic (exact) mass is 237 g/mol. The number of benzene rings is 1. The number of hydrogen-bond donors (Lipinski definition) is 1. The van der Waals surface area contributed by atoms with Crippen molar-refractivity contribution in [3.63, 3.8) is 0 Å². The summed E-state index contributed by atoms with van der Waals surface area (Å²) in [6.07, 6.45) is 1.25. The van der Waals surface area contributed by atoms with E-state index in [1.807, 2.05) is 0 Å². The van der Waals surface area contributed by atoms with E-state index in [1.165, 1.54) is 24.3 Å². The molecule has 1 rings (SSSR count). The number of carboxylic acid groups (broad SMARTS) is 1. The Morgan fingerprint density at radius 3 is 2.82 bits per heavy atom. The van der Waals surface area contributed by atoms with Crippen LogP contribution in [0, 0.1) is 10.1 Å². The van der Waals surface area contributed by atoms with Crippen molar-refractivity contribution in [3.05, 3.63) is 45.7 Å². The molecule has 0 bridgehead atoms. The van der Waals surface area contributed by atoms with Crippen LogP contribution in [0.4, 0.5) is 5.69 Å². The second-order valence-electron chi connectivity index (χ2n) is 3.10. The van der Waals surface area contributed by atoms with Crippen LogP contribution in [0.3, 0.4) is 0 Å². The van der Waals surface area contributed by atoms with Crippen molar-refractivity contribution in [2.24, 2.45) is 0 Å². The molecule has 0 heterocycles. The van der Waals surface area contributed by atoms with Crippen LogP contribution in [0.5, 0.6) is 0 Å². The molecule has 1 N–H and O–H groups in total. The lowest BCUT2D eigenvalue weighted by Gasteiger charge is -2.03. The fourth-order valence-electron chi connectivity index (χ4n) is 1.20. The Hall–Kier alpha value is -2.37. The summed E-state index contributed by atoms with van der Waals surface area (Å²) in [7, 11) is 0. The predicted octanol–water partition coefficient (Wildman–Crippen LogP) is 2.06. The van der Waals surface area contributed by atoms with Crippen molar-refractivity contribution in [2.75, 3.05) is 6.61 Å². The molecule has 0 aromatic heterocycles. The third kappa shape index (κ3) is 3.60. The Morgan fingerprint density at radius 1 is 1.59 bits per heavy atom. The number of nitro groups is 1. The second kappa shape index (κ2) is 5.64. The Kier molecular flexibility index (Phi) is 4.21. The average molecular weight is 237 g/mol. The Morgan fingerprint density at radius 2 is 2.29 bits per heavy atom. The third-order valence-electron chi connectivity index (χ3n) is 1.89. The summed E-state index contributed by atoms with van der Waals surface area (Å²) in [5.41, 5.74) is 0.310. The number of rotatable bonds is 5. The van der Waals surface area contributed by atoms with Crippen LogP contribution >= 0.6 is 0 Å². The zero-order chi connectivity index (χ0) is 12.8. The molecule has 0 unspecified atom stereocenters. The second-order valence-corrected chi connectivity index (χ2v) is 3.10. The molecule has 17 heavy (non-hydrogen) atoms. The minimum absolute atomic E-state index is 0.0972. The maximum Gasteiger partial charge on any atom is 0.371 e. The quantitative estimate of drug-likeness (QED) is 0.366. The smallest absolute Gasteiger partial charge is 0.371 e. The lowest BCUT2D eigenvalue weighted by Crippen LogP contribution is -2.04. The highest BCUT2D eigenvalue weighted by atomic mass is 16.6. The summed E-state index contributed by atoms with van der Waals surface area (Å²) >= 11 is 0. The van der Waals surface area contributed by atoms with Crippen molar-refractivity contribution in [3.8, 4) is 0 Å². The van der Waals surface area contributed by atoms with Crippen molar-refractivity contribution in [1.82, 2.24) is 0 Å². The molecule has 90 valence electrons. The van der Waals surface area contributed by atoms with Gasteiger partial charge in [-0.1, -0.05) is 12.1 Å². The van der Waals surface area contributed by atoms with Gasteiger partial charge in [0.2, 0.25) is 5.76 Å². The van der Waals surface area contributed by atoms with Gasteiger partial charge in [0, 0.05) is 12.1 Å². The minimum atomic E-state index is -1.21. The van der Waals surface area contributed by atoms with E-state index in [0.29, 0.717) is 5.56 Å². The van der Waals surface area contributed by atoms with Gasteiger partial charge in [-0.3, -0.25) is 10.1 Å². The standard InChI is InChI=1S/C11H11NO5/c1-2-17-10(11(13)14)7-8-4-3-5-9(6-8)12(15)16/h3-7H,2H2,1H3,(H,13,14)/b10-7+. The number of aliphatic carboxylic acids is 1. The average Bonchev–Trinajstić information content (AvgIpc) is 2.28. The van der Waals surface area contributed by atoms with Crippen molar-refractivity contribution >= 4 is 17.7 Å². The molecule has 0 aliphatic rings. The molecule has 0 fully saturated rings. The molecule has 0 amide bonds. The summed E-state index contributed by atoms with van der Waals surface area (Å²) in [5, 5.41) is 19.4. The lowest BCUT2D eigenvalue weighted by atomic mass is 10.2. The highest BCUT2D eigenvalue weighted by Gasteiger charge is 2.10. The molecule has 1 aromatic carbocycles. The van der Waals surface area contributed by atoms with Crippen molar-refractivity contribution < 1.29 is 19.6 Å². The maximum atomic E-state index is 10.8. The molecule has 0 atom stereocenters. The van der Waals surface area contributed by atoms with Gasteiger partial charge in [0.25, 0.3) is 5.69 Å². The van der Waals surface area contributed by atoms with Gasteiger partial charge in [0.15, 0.2) is 0 Å². The maximum absolute atomic E-state index is 10.8. The van der Waals surface area contributed by atoms with E-state index >= 15 is 0 Å². The summed E-state index contributed by atoms with van der Waals surface area (Å²) in [6.45, 7) is 1.87. The summed E-state index contributed by atoms with van der Waals surface area (Å²) in [6, 6.07) is 5.66. The van der Waals surface area contributed by atoms with Crippen LogP contribution in [-0.2, 0) is 9.53 Å². The lowest BCUT2D eigenvalue weighted by molar-refractivity contribution is -0.384. The Labute approximate surface area is 97.3 Å². The van der Waals surface area contributed by atoms with Crippen LogP contribution in [0.15, 0.2) is 30.0 Å². The molecule has 0 aliphatic heterocycles. The number of non-ortho nitro benzene ring substituents is 1. The summed E-state index contributed by atoms with van der Waals surface area (Å²) in [4.78, 5) is 20.8. The fraction of sp³-hybridized carbons (Fsp3) is 0.182. The van der Waals surface area contributed by atoms with E-state index in [0.717, 1.165) is 0 Å². The highest BCUT2D eigenvalue weighted by molar-refractivity contribution is 5.89. The number of ether oxygens (including phenoxy) is 1. The van der Waals surface area contributed by atoms with Crippen LogP contribution in [0.2, 0.25) is 0 Å². The molecular weight excluding hydrogens is 226 g/mol. The minimum Gasteiger partial charge on any atom is -0.487 e. The molecule has 6 nitrogen and oxygen atoms in total. The number of nitrogens with zero attached hydrogens (tertiary/aromatic N) is 1. The van der Waals surface area contributed by atoms with Gasteiger partial charge in [0.1, 0.15) is 0 Å². The number of hydrogen-bond acceptors (Lipinski definition) is 4. The van der Waals surface area contributed by atoms with E-state index in [2.05, 4.69) is 0 Å². The van der Waals surface area contributed by atoms with E-state index < -0.39 is 10.9 Å². The van der Waals surface area contributed by atoms with Crippen LogP contribution in [-0.4, -0.2) is 22.6 Å². The van der Waals surface area contributed by atoms with E-state index in [1.54, 1.807) is 13.0 Å². The molecule has 1 aromatic rings. The third-order valence-corrected chi connectivity index (χ3v) is 1.89. The fourth-order valence-corrected chi connectivity index (χ4v) is 1.20. The first-order chi connectivity index (χ1) is 8.04. The Bertz CT molecular complexity index is 467. The molecule has 6 heteroatoms. The van der Waals surface area contributed by atoms with Gasteiger partial charge >= 0.3 is 5.97 Å². The van der Waals surface area contributed by atoms with Crippen LogP contribution in [0.1, 0.15) is 12.5 Å². The predicted molar refractivity (Wildman–Crippen MR) is 60.3 cm³/mol. The van der Waals surface area contributed by atoms with Gasteiger partial charge < -0.3 is 9.84 Å². The van der Waals surface area contributed by atoms with Crippen molar-refractivity contribution in [1.29, 1.82) is 0 Å². The SMILES string of the molecule is CCO/C(=C/c1cccc([N+](=O)[O-])c1)C(=O)O. The van der Waals surface area contributed by atoms with E-state index in [4.69, 9.17) is 9.84 Å². The molecule has 0 saturated heterocycles. The Balaban J connectivity index is 3.06. The molecule has 0 saturated carbocycles. The summed E-state index contributed by atoms with van der Waals surface area (Å²) < 4.78 is 4.90. The molecule has 0 spiro atoms. The zero-order valence-corrected chi connectivity index (χ0v) is 9.12. The highest BCUT2D eigenvalue weighted by Crippen LogP contribution is 2.16. The number of carbonyl (C=O) groups is 1. The first kappa shape index (κ1) is 12.7. The summed E-state index contributed by atoms with van der Waals surface area (Å²) in [5.74, 6) is -1.45. The van der Waals surface area contributed by atoms with Gasteiger partial charge in [0.05, 0.1) is 11.5 Å². The topological polar surface area (TPSA) is 89.7 Å².